The number of rotatable bonds is 10. The van der Waals surface area contributed by atoms with Crippen LogP contribution in [0, 0.1) is 0 Å². The minimum atomic E-state index is -3.88. The van der Waals surface area contributed by atoms with E-state index in [4.69, 9.17) is 4.74 Å². The Morgan fingerprint density at radius 1 is 0.491 bits per heavy atom. The Hall–Kier alpha value is -3.78. The molecule has 0 saturated carbocycles. The lowest BCUT2D eigenvalue weighted by atomic mass is 9.63. The monoisotopic (exact) mass is 778 g/mol. The van der Waals surface area contributed by atoms with Gasteiger partial charge in [-0.2, -0.15) is 0 Å². The highest BCUT2D eigenvalue weighted by molar-refractivity contribution is 7.92. The van der Waals surface area contributed by atoms with Crippen LogP contribution in [0.1, 0.15) is 139 Å². The highest BCUT2D eigenvalue weighted by Crippen LogP contribution is 2.47. The first-order valence-electron chi connectivity index (χ1n) is 19.4. The Morgan fingerprint density at radius 3 is 1.13 bits per heavy atom. The second-order valence-corrected chi connectivity index (χ2v) is 22.4. The van der Waals surface area contributed by atoms with Gasteiger partial charge in [0.1, 0.15) is 0 Å². The lowest BCUT2D eigenvalue weighted by molar-refractivity contribution is 0.224. The molecule has 292 valence electrons. The van der Waals surface area contributed by atoms with E-state index in [1.165, 1.54) is 22.3 Å². The van der Waals surface area contributed by atoms with Crippen LogP contribution in [-0.2, 0) is 46.1 Å². The van der Waals surface area contributed by atoms with Gasteiger partial charge in [-0.1, -0.05) is 128 Å². The standard InChI is InChI=1S/C48H58O5S2/c1-33(37-15-21-41-43(29-37)47(7,8)25-23-45(41,3)4)27-35-11-17-39(18-12-35)54(49,50)31-53-32-55(51,52)40-19-13-36(14-20-40)28-34(2)38-16-22-42-44(30-38)48(9,10)26-24-46(42,5)6/h11-22,27-30H,23-26,31-32H2,1-10H3. The molecule has 0 saturated heterocycles. The van der Waals surface area contributed by atoms with E-state index in [2.05, 4.69) is 118 Å². The van der Waals surface area contributed by atoms with Crippen molar-refractivity contribution in [2.75, 3.05) is 11.9 Å². The molecule has 0 aromatic heterocycles. The first kappa shape index (κ1) is 40.9. The molecule has 0 amide bonds. The van der Waals surface area contributed by atoms with E-state index in [9.17, 15) is 16.8 Å². The molecule has 0 heterocycles. The van der Waals surface area contributed by atoms with Crippen LogP contribution in [-0.4, -0.2) is 28.7 Å². The van der Waals surface area contributed by atoms with Crippen molar-refractivity contribution in [3.8, 4) is 0 Å². The zero-order valence-electron chi connectivity index (χ0n) is 34.3. The summed E-state index contributed by atoms with van der Waals surface area (Å²) in [5.74, 6) is -1.48. The quantitative estimate of drug-likeness (QED) is 0.150. The first-order chi connectivity index (χ1) is 25.5. The van der Waals surface area contributed by atoms with Gasteiger partial charge >= 0.3 is 0 Å². The summed E-state index contributed by atoms with van der Waals surface area (Å²) < 4.78 is 57.8. The average Bonchev–Trinajstić information content (AvgIpc) is 3.12. The van der Waals surface area contributed by atoms with E-state index in [-0.39, 0.29) is 31.5 Å². The summed E-state index contributed by atoms with van der Waals surface area (Å²) in [4.78, 5) is 0.158. The number of allylic oxidation sites excluding steroid dienone is 2. The highest BCUT2D eigenvalue weighted by atomic mass is 32.2. The summed E-state index contributed by atoms with van der Waals surface area (Å²) in [5.41, 5.74) is 12.4. The number of fused-ring (bicyclic) bond motifs is 2. The summed E-state index contributed by atoms with van der Waals surface area (Å²) in [7, 11) is -7.76. The Morgan fingerprint density at radius 2 is 0.800 bits per heavy atom. The molecule has 4 aromatic rings. The third kappa shape index (κ3) is 8.65. The number of benzene rings is 4. The predicted octanol–water partition coefficient (Wildman–Crippen LogP) is 11.7. The molecule has 0 bridgehead atoms. The molecule has 7 heteroatoms. The maximum atomic E-state index is 13.1. The van der Waals surface area contributed by atoms with E-state index in [1.54, 1.807) is 48.5 Å². The molecule has 2 aliphatic rings. The fourth-order valence-corrected chi connectivity index (χ4v) is 10.4. The lowest BCUT2D eigenvalue weighted by Gasteiger charge is -2.42. The molecular weight excluding hydrogens is 721 g/mol. The van der Waals surface area contributed by atoms with Crippen LogP contribution in [0.25, 0.3) is 23.3 Å². The molecule has 4 aromatic carbocycles. The first-order valence-corrected chi connectivity index (χ1v) is 22.7. The normalized spacial score (nSPS) is 19.0. The Labute approximate surface area is 330 Å². The summed E-state index contributed by atoms with van der Waals surface area (Å²) in [6.45, 7) is 22.7. The SMILES string of the molecule is CC(=Cc1ccc(S(=O)(=O)COCS(=O)(=O)c2ccc(C=C(C)c3ccc4c(c3)C(C)(C)CCC4(C)C)cc2)cc1)c1ccc2c(c1)C(C)(C)CCC2(C)C. The summed E-state index contributed by atoms with van der Waals surface area (Å²) in [6, 6.07) is 26.8. The smallest absolute Gasteiger partial charge is 0.202 e. The second-order valence-electron chi connectivity index (χ2n) is 18.5. The van der Waals surface area contributed by atoms with Crippen molar-refractivity contribution in [2.45, 2.75) is 126 Å². The molecule has 6 rings (SSSR count). The van der Waals surface area contributed by atoms with Crippen LogP contribution >= 0.6 is 0 Å². The van der Waals surface area contributed by atoms with Crippen LogP contribution in [0.15, 0.2) is 94.7 Å². The van der Waals surface area contributed by atoms with Crippen molar-refractivity contribution in [3.05, 3.63) is 129 Å². The van der Waals surface area contributed by atoms with Crippen LogP contribution in [0.2, 0.25) is 0 Å². The fraction of sp³-hybridized carbons (Fsp3) is 0.417. The molecular formula is C48H58O5S2. The van der Waals surface area contributed by atoms with Gasteiger partial charge in [-0.25, -0.2) is 16.8 Å². The summed E-state index contributed by atoms with van der Waals surface area (Å²) in [5, 5.41) is 0. The summed E-state index contributed by atoms with van der Waals surface area (Å²) in [6.07, 6.45) is 8.73. The third-order valence-electron chi connectivity index (χ3n) is 12.3. The van der Waals surface area contributed by atoms with Gasteiger partial charge < -0.3 is 4.74 Å². The van der Waals surface area contributed by atoms with Gasteiger partial charge in [0.15, 0.2) is 11.9 Å². The number of ether oxygens (including phenoxy) is 1. The third-order valence-corrected chi connectivity index (χ3v) is 15.3. The predicted molar refractivity (Wildman–Crippen MR) is 229 cm³/mol. The second kappa shape index (κ2) is 14.6. The van der Waals surface area contributed by atoms with Gasteiger partial charge in [-0.3, -0.25) is 0 Å². The van der Waals surface area contributed by atoms with Gasteiger partial charge in [0.2, 0.25) is 19.7 Å². The molecule has 55 heavy (non-hydrogen) atoms. The van der Waals surface area contributed by atoms with E-state index in [1.807, 2.05) is 0 Å². The zero-order chi connectivity index (χ0) is 40.2. The number of hydrogen-bond acceptors (Lipinski definition) is 5. The van der Waals surface area contributed by atoms with Crippen molar-refractivity contribution in [1.82, 2.24) is 0 Å². The van der Waals surface area contributed by atoms with Gasteiger partial charge in [-0.05, 0) is 141 Å². The van der Waals surface area contributed by atoms with Crippen LogP contribution in [0.5, 0.6) is 0 Å². The van der Waals surface area contributed by atoms with Crippen LogP contribution in [0.3, 0.4) is 0 Å². The molecule has 0 aliphatic heterocycles. The maximum absolute atomic E-state index is 13.1. The van der Waals surface area contributed by atoms with Crippen molar-refractivity contribution in [1.29, 1.82) is 0 Å². The van der Waals surface area contributed by atoms with Gasteiger partial charge in [0.05, 0.1) is 9.79 Å². The Bertz CT molecular complexity index is 2200. The van der Waals surface area contributed by atoms with Crippen molar-refractivity contribution >= 4 is 43.0 Å². The molecule has 0 radical (unpaired) electrons. The van der Waals surface area contributed by atoms with Crippen molar-refractivity contribution in [2.24, 2.45) is 0 Å². The van der Waals surface area contributed by atoms with Gasteiger partial charge in [-0.15, -0.1) is 0 Å². The fourth-order valence-electron chi connectivity index (χ4n) is 8.27. The van der Waals surface area contributed by atoms with Gasteiger partial charge in [0, 0.05) is 0 Å². The molecule has 0 unspecified atom stereocenters. The largest absolute Gasteiger partial charge is 0.349 e. The minimum Gasteiger partial charge on any atom is -0.349 e. The average molecular weight is 779 g/mol. The number of sulfone groups is 2. The number of hydrogen-bond donors (Lipinski definition) is 0. The molecule has 2 aliphatic carbocycles. The minimum absolute atomic E-state index is 0.0789. The Balaban J connectivity index is 1.08. The van der Waals surface area contributed by atoms with Crippen molar-refractivity contribution < 1.29 is 21.6 Å². The highest BCUT2D eigenvalue weighted by Gasteiger charge is 2.38. The zero-order valence-corrected chi connectivity index (χ0v) is 36.0. The van der Waals surface area contributed by atoms with E-state index in [0.29, 0.717) is 0 Å². The topological polar surface area (TPSA) is 77.5 Å². The molecule has 0 fully saturated rings. The van der Waals surface area contributed by atoms with Crippen LogP contribution in [0.4, 0.5) is 0 Å². The molecule has 0 spiro atoms. The van der Waals surface area contributed by atoms with E-state index in [0.717, 1.165) is 59.1 Å². The van der Waals surface area contributed by atoms with E-state index < -0.39 is 31.6 Å². The van der Waals surface area contributed by atoms with Crippen molar-refractivity contribution in [3.63, 3.8) is 0 Å². The maximum Gasteiger partial charge on any atom is 0.202 e. The van der Waals surface area contributed by atoms with Gasteiger partial charge in [0.25, 0.3) is 0 Å². The van der Waals surface area contributed by atoms with Crippen LogP contribution < -0.4 is 0 Å². The molecule has 0 N–H and O–H groups in total. The molecule has 5 nitrogen and oxygen atoms in total. The Kier molecular flexibility index (Phi) is 10.9. The summed E-state index contributed by atoms with van der Waals surface area (Å²) >= 11 is 0. The lowest BCUT2D eigenvalue weighted by Crippen LogP contribution is -2.33. The van der Waals surface area contributed by atoms with E-state index >= 15 is 0 Å². The molecule has 0 atom stereocenters.